The summed E-state index contributed by atoms with van der Waals surface area (Å²) in [6.45, 7) is 1.47. The summed E-state index contributed by atoms with van der Waals surface area (Å²) >= 11 is 0. The molecule has 0 atom stereocenters. The van der Waals surface area contributed by atoms with E-state index in [9.17, 15) is 9.59 Å². The van der Waals surface area contributed by atoms with Gasteiger partial charge in [0.2, 0.25) is 5.91 Å². The van der Waals surface area contributed by atoms with Gasteiger partial charge in [-0.25, -0.2) is 4.98 Å². The molecule has 0 aliphatic heterocycles. The Hall–Kier alpha value is -2.95. The fourth-order valence-corrected chi connectivity index (χ4v) is 2.77. The van der Waals surface area contributed by atoms with Crippen molar-refractivity contribution in [2.24, 2.45) is 0 Å². The predicted molar refractivity (Wildman–Crippen MR) is 95.3 cm³/mol. The number of aromatic nitrogens is 1. The number of nitrogens with one attached hydrogen (secondary N) is 1. The smallest absolute Gasteiger partial charge is 0.221 e. The van der Waals surface area contributed by atoms with E-state index in [-0.39, 0.29) is 11.7 Å². The molecule has 0 saturated carbocycles. The van der Waals surface area contributed by atoms with Gasteiger partial charge in [0.1, 0.15) is 5.82 Å². The second-order valence-corrected chi connectivity index (χ2v) is 6.07. The molecule has 0 spiro atoms. The maximum absolute atomic E-state index is 12.5. The quantitative estimate of drug-likeness (QED) is 0.883. The van der Waals surface area contributed by atoms with Gasteiger partial charge in [-0.1, -0.05) is 0 Å². The lowest BCUT2D eigenvalue weighted by Crippen LogP contribution is -2.10. The Labute approximate surface area is 141 Å². The van der Waals surface area contributed by atoms with Crippen molar-refractivity contribution < 1.29 is 9.59 Å². The Bertz CT molecular complexity index is 836. The zero-order valence-electron chi connectivity index (χ0n) is 14.0. The van der Waals surface area contributed by atoms with Crippen molar-refractivity contribution in [3.8, 4) is 0 Å². The van der Waals surface area contributed by atoms with Crippen LogP contribution >= 0.6 is 0 Å². The maximum atomic E-state index is 12.5. The highest BCUT2D eigenvalue weighted by Crippen LogP contribution is 2.30. The minimum Gasteiger partial charge on any atom is -0.363 e. The highest BCUT2D eigenvalue weighted by atomic mass is 16.1. The fraction of sp³-hybridized carbons (Fsp3) is 0.211. The van der Waals surface area contributed by atoms with Crippen molar-refractivity contribution in [3.05, 3.63) is 58.8 Å². The molecule has 1 N–H and O–H groups in total. The third-order valence-electron chi connectivity index (χ3n) is 3.91. The summed E-state index contributed by atoms with van der Waals surface area (Å²) < 4.78 is 0. The SMILES string of the molecule is CC(=O)Nc1ccc2c(c1)C/C(=C/c1ccc(N(C)C)nc1)C2=O. The molecule has 5 heteroatoms. The lowest BCUT2D eigenvalue weighted by molar-refractivity contribution is -0.114. The van der Waals surface area contributed by atoms with Gasteiger partial charge in [0.05, 0.1) is 0 Å². The third kappa shape index (κ3) is 3.20. The van der Waals surface area contributed by atoms with Gasteiger partial charge < -0.3 is 10.2 Å². The first-order valence-electron chi connectivity index (χ1n) is 7.73. The molecule has 5 nitrogen and oxygen atoms in total. The molecule has 0 radical (unpaired) electrons. The summed E-state index contributed by atoms with van der Waals surface area (Å²) in [6, 6.07) is 9.27. The Morgan fingerprint density at radius 3 is 2.67 bits per heavy atom. The highest BCUT2D eigenvalue weighted by Gasteiger charge is 2.25. The second-order valence-electron chi connectivity index (χ2n) is 6.07. The zero-order chi connectivity index (χ0) is 17.3. The van der Waals surface area contributed by atoms with Crippen LogP contribution < -0.4 is 10.2 Å². The minimum absolute atomic E-state index is 0.0380. The minimum atomic E-state index is -0.123. The number of allylic oxidation sites excluding steroid dienone is 1. The molecule has 1 aliphatic rings. The molecule has 0 saturated heterocycles. The Kier molecular flexibility index (Phi) is 4.16. The van der Waals surface area contributed by atoms with E-state index >= 15 is 0 Å². The lowest BCUT2D eigenvalue weighted by Gasteiger charge is -2.10. The first-order valence-corrected chi connectivity index (χ1v) is 7.73. The molecule has 0 unspecified atom stereocenters. The van der Waals surface area contributed by atoms with Crippen molar-refractivity contribution in [1.82, 2.24) is 4.98 Å². The molecule has 122 valence electrons. The van der Waals surface area contributed by atoms with Crippen molar-refractivity contribution in [2.45, 2.75) is 13.3 Å². The topological polar surface area (TPSA) is 62.3 Å². The monoisotopic (exact) mass is 321 g/mol. The van der Waals surface area contributed by atoms with E-state index in [0.717, 1.165) is 22.5 Å². The number of amides is 1. The van der Waals surface area contributed by atoms with E-state index in [1.807, 2.05) is 43.3 Å². The van der Waals surface area contributed by atoms with E-state index in [0.29, 0.717) is 17.7 Å². The van der Waals surface area contributed by atoms with Crippen LogP contribution in [0.25, 0.3) is 6.08 Å². The van der Waals surface area contributed by atoms with Crippen LogP contribution in [-0.2, 0) is 11.2 Å². The van der Waals surface area contributed by atoms with Gasteiger partial charge >= 0.3 is 0 Å². The fourth-order valence-electron chi connectivity index (χ4n) is 2.77. The molecule has 0 fully saturated rings. The number of hydrogen-bond donors (Lipinski definition) is 1. The summed E-state index contributed by atoms with van der Waals surface area (Å²) in [5.41, 5.74) is 4.00. The lowest BCUT2D eigenvalue weighted by atomic mass is 10.1. The third-order valence-corrected chi connectivity index (χ3v) is 3.91. The zero-order valence-corrected chi connectivity index (χ0v) is 14.0. The molecular weight excluding hydrogens is 302 g/mol. The average molecular weight is 321 g/mol. The maximum Gasteiger partial charge on any atom is 0.221 e. The van der Waals surface area contributed by atoms with Crippen molar-refractivity contribution in [2.75, 3.05) is 24.3 Å². The Morgan fingerprint density at radius 1 is 1.25 bits per heavy atom. The molecule has 1 aliphatic carbocycles. The molecule has 1 aromatic heterocycles. The van der Waals surface area contributed by atoms with Gasteiger partial charge in [0.15, 0.2) is 5.78 Å². The number of carbonyl (C=O) groups is 2. The number of nitrogens with zero attached hydrogens (tertiary/aromatic N) is 2. The number of hydrogen-bond acceptors (Lipinski definition) is 4. The van der Waals surface area contributed by atoms with E-state index < -0.39 is 0 Å². The molecule has 24 heavy (non-hydrogen) atoms. The van der Waals surface area contributed by atoms with Crippen LogP contribution in [-0.4, -0.2) is 30.8 Å². The van der Waals surface area contributed by atoms with Crippen LogP contribution in [0.1, 0.15) is 28.4 Å². The van der Waals surface area contributed by atoms with Crippen molar-refractivity contribution >= 4 is 29.3 Å². The molecule has 1 heterocycles. The first-order chi connectivity index (χ1) is 11.4. The van der Waals surface area contributed by atoms with Gasteiger partial charge in [0, 0.05) is 50.5 Å². The van der Waals surface area contributed by atoms with Gasteiger partial charge in [-0.3, -0.25) is 9.59 Å². The average Bonchev–Trinajstić information content (AvgIpc) is 2.83. The second kappa shape index (κ2) is 6.28. The highest BCUT2D eigenvalue weighted by molar-refractivity contribution is 6.15. The van der Waals surface area contributed by atoms with Crippen molar-refractivity contribution in [3.63, 3.8) is 0 Å². The standard InChI is InChI=1S/C19H19N3O2/c1-12(23)21-16-5-6-17-14(10-16)9-15(19(17)24)8-13-4-7-18(20-11-13)22(2)3/h4-8,10-11H,9H2,1-3H3,(H,21,23)/b15-8-. The number of benzene rings is 1. The number of Topliss-reactive ketones (excluding diaryl/α,β-unsaturated/α-hetero) is 1. The number of ketones is 1. The number of fused-ring (bicyclic) bond motifs is 1. The van der Waals surface area contributed by atoms with Gasteiger partial charge in [-0.05, 0) is 47.5 Å². The summed E-state index contributed by atoms with van der Waals surface area (Å²) in [7, 11) is 3.87. The van der Waals surface area contributed by atoms with E-state index in [4.69, 9.17) is 0 Å². The van der Waals surface area contributed by atoms with Crippen LogP contribution in [0.4, 0.5) is 11.5 Å². The van der Waals surface area contributed by atoms with Crippen LogP contribution in [0, 0.1) is 0 Å². The normalized spacial score (nSPS) is 14.6. The summed E-state index contributed by atoms with van der Waals surface area (Å²) in [6.07, 6.45) is 4.21. The van der Waals surface area contributed by atoms with E-state index in [2.05, 4.69) is 10.3 Å². The molecule has 2 aromatic rings. The Morgan fingerprint density at radius 2 is 2.04 bits per heavy atom. The molecule has 1 amide bonds. The van der Waals surface area contributed by atoms with E-state index in [1.165, 1.54) is 6.92 Å². The number of anilines is 2. The largest absolute Gasteiger partial charge is 0.363 e. The molecule has 1 aromatic carbocycles. The van der Waals surface area contributed by atoms with Crippen LogP contribution in [0.2, 0.25) is 0 Å². The summed E-state index contributed by atoms with van der Waals surface area (Å²) in [4.78, 5) is 30.0. The van der Waals surface area contributed by atoms with Gasteiger partial charge in [-0.15, -0.1) is 0 Å². The van der Waals surface area contributed by atoms with Crippen molar-refractivity contribution in [1.29, 1.82) is 0 Å². The molecule has 0 bridgehead atoms. The van der Waals surface area contributed by atoms with Crippen LogP contribution in [0.3, 0.4) is 0 Å². The van der Waals surface area contributed by atoms with Gasteiger partial charge in [-0.2, -0.15) is 0 Å². The van der Waals surface area contributed by atoms with Crippen LogP contribution in [0.15, 0.2) is 42.1 Å². The molecule has 3 rings (SSSR count). The predicted octanol–water partition coefficient (Wildman–Crippen LogP) is 2.93. The Balaban J connectivity index is 1.85. The number of rotatable bonds is 3. The number of pyridine rings is 1. The van der Waals surface area contributed by atoms with Gasteiger partial charge in [0.25, 0.3) is 0 Å². The summed E-state index contributed by atoms with van der Waals surface area (Å²) in [5, 5.41) is 2.75. The van der Waals surface area contributed by atoms with E-state index in [1.54, 1.807) is 18.3 Å². The molecular formula is C19H19N3O2. The van der Waals surface area contributed by atoms with Crippen LogP contribution in [0.5, 0.6) is 0 Å². The number of carbonyl (C=O) groups excluding carboxylic acids is 2. The summed E-state index contributed by atoms with van der Waals surface area (Å²) in [5.74, 6) is 0.788. The first kappa shape index (κ1) is 15.9.